The molecule has 1 heterocycles. The smallest absolute Gasteiger partial charge is 0.367 e. The SMILES string of the molecule is O=[N+]([O-])c1c(OCc2ccccc2)oc2ccccc12. The summed E-state index contributed by atoms with van der Waals surface area (Å²) in [5.74, 6) is -0.0555. The first-order valence-corrected chi connectivity index (χ1v) is 6.08. The molecule has 0 unspecified atom stereocenters. The average Bonchev–Trinajstić information content (AvgIpc) is 2.84. The maximum absolute atomic E-state index is 11.2. The number of ether oxygens (including phenoxy) is 1. The van der Waals surface area contributed by atoms with Crippen LogP contribution in [0.4, 0.5) is 5.69 Å². The molecule has 0 saturated carbocycles. The second-order valence-corrected chi connectivity index (χ2v) is 4.27. The van der Waals surface area contributed by atoms with E-state index in [1.807, 2.05) is 30.3 Å². The van der Waals surface area contributed by atoms with E-state index < -0.39 is 4.92 Å². The van der Waals surface area contributed by atoms with Gasteiger partial charge in [-0.05, 0) is 17.7 Å². The number of hydrogen-bond acceptors (Lipinski definition) is 4. The summed E-state index contributed by atoms with van der Waals surface area (Å²) < 4.78 is 10.9. The molecule has 5 nitrogen and oxygen atoms in total. The van der Waals surface area contributed by atoms with Crippen LogP contribution in [0, 0.1) is 10.1 Å². The first kappa shape index (κ1) is 12.2. The second kappa shape index (κ2) is 5.05. The number of fused-ring (bicyclic) bond motifs is 1. The van der Waals surface area contributed by atoms with Crippen molar-refractivity contribution in [3.63, 3.8) is 0 Å². The predicted octanol–water partition coefficient (Wildman–Crippen LogP) is 3.92. The van der Waals surface area contributed by atoms with Crippen molar-refractivity contribution < 1.29 is 14.1 Å². The molecular weight excluding hydrogens is 258 g/mol. The monoisotopic (exact) mass is 269 g/mol. The molecule has 3 aromatic rings. The fourth-order valence-corrected chi connectivity index (χ4v) is 2.00. The molecule has 0 bridgehead atoms. The van der Waals surface area contributed by atoms with Gasteiger partial charge in [0.2, 0.25) is 0 Å². The van der Waals surface area contributed by atoms with Crippen LogP contribution in [-0.2, 0) is 6.61 Å². The highest BCUT2D eigenvalue weighted by Gasteiger charge is 2.25. The Labute approximate surface area is 114 Å². The summed E-state index contributed by atoms with van der Waals surface area (Å²) in [5.41, 5.74) is 1.24. The van der Waals surface area contributed by atoms with Crippen LogP contribution >= 0.6 is 0 Å². The molecule has 20 heavy (non-hydrogen) atoms. The molecule has 100 valence electrons. The number of rotatable bonds is 4. The molecule has 0 radical (unpaired) electrons. The highest BCUT2D eigenvalue weighted by Crippen LogP contribution is 2.38. The van der Waals surface area contributed by atoms with Gasteiger partial charge in [0.05, 0.1) is 4.92 Å². The van der Waals surface area contributed by atoms with E-state index >= 15 is 0 Å². The van der Waals surface area contributed by atoms with Crippen LogP contribution < -0.4 is 4.74 Å². The minimum absolute atomic E-state index is 0.0555. The molecule has 1 aromatic heterocycles. The van der Waals surface area contributed by atoms with Gasteiger partial charge in [0, 0.05) is 0 Å². The lowest BCUT2D eigenvalue weighted by atomic mass is 10.2. The third kappa shape index (κ3) is 2.21. The third-order valence-electron chi connectivity index (χ3n) is 2.93. The Kier molecular flexibility index (Phi) is 3.09. The van der Waals surface area contributed by atoms with Gasteiger partial charge in [-0.3, -0.25) is 10.1 Å². The fourth-order valence-electron chi connectivity index (χ4n) is 2.00. The zero-order valence-electron chi connectivity index (χ0n) is 10.5. The van der Waals surface area contributed by atoms with E-state index in [2.05, 4.69) is 0 Å². The van der Waals surface area contributed by atoms with Crippen LogP contribution in [0.1, 0.15) is 5.56 Å². The first-order chi connectivity index (χ1) is 9.75. The molecule has 0 aliphatic carbocycles. The Morgan fingerprint density at radius 1 is 1.05 bits per heavy atom. The topological polar surface area (TPSA) is 65.5 Å². The van der Waals surface area contributed by atoms with Crippen molar-refractivity contribution in [3.05, 3.63) is 70.3 Å². The van der Waals surface area contributed by atoms with Gasteiger partial charge in [0.25, 0.3) is 0 Å². The van der Waals surface area contributed by atoms with Crippen LogP contribution in [0.25, 0.3) is 11.0 Å². The van der Waals surface area contributed by atoms with E-state index in [-0.39, 0.29) is 18.2 Å². The number of hydrogen-bond donors (Lipinski definition) is 0. The van der Waals surface area contributed by atoms with Crippen LogP contribution in [-0.4, -0.2) is 4.92 Å². The van der Waals surface area contributed by atoms with Gasteiger partial charge in [-0.1, -0.05) is 42.5 Å². The van der Waals surface area contributed by atoms with Crippen LogP contribution in [0.3, 0.4) is 0 Å². The molecule has 0 atom stereocenters. The molecule has 3 rings (SSSR count). The molecule has 0 saturated heterocycles. The zero-order chi connectivity index (χ0) is 13.9. The molecule has 0 spiro atoms. The predicted molar refractivity (Wildman–Crippen MR) is 73.6 cm³/mol. The van der Waals surface area contributed by atoms with Crippen molar-refractivity contribution in [3.8, 4) is 5.95 Å². The van der Waals surface area contributed by atoms with Gasteiger partial charge in [-0.15, -0.1) is 0 Å². The van der Waals surface area contributed by atoms with E-state index in [9.17, 15) is 10.1 Å². The average molecular weight is 269 g/mol. The van der Waals surface area contributed by atoms with Gasteiger partial charge >= 0.3 is 11.6 Å². The van der Waals surface area contributed by atoms with Crippen molar-refractivity contribution in [2.24, 2.45) is 0 Å². The number of nitro groups is 1. The van der Waals surface area contributed by atoms with E-state index in [1.165, 1.54) is 0 Å². The highest BCUT2D eigenvalue weighted by molar-refractivity contribution is 5.89. The fraction of sp³-hybridized carbons (Fsp3) is 0.0667. The summed E-state index contributed by atoms with van der Waals surface area (Å²) >= 11 is 0. The Balaban J connectivity index is 1.95. The van der Waals surface area contributed by atoms with Crippen LogP contribution in [0.15, 0.2) is 59.0 Å². The lowest BCUT2D eigenvalue weighted by Crippen LogP contribution is -1.96. The second-order valence-electron chi connectivity index (χ2n) is 4.27. The quantitative estimate of drug-likeness (QED) is 0.532. The molecule has 0 amide bonds. The molecule has 0 fully saturated rings. The Morgan fingerprint density at radius 3 is 2.50 bits per heavy atom. The van der Waals surface area contributed by atoms with Gasteiger partial charge < -0.3 is 9.15 Å². The Bertz CT molecular complexity index is 749. The number of para-hydroxylation sites is 1. The van der Waals surface area contributed by atoms with Crippen molar-refractivity contribution in [2.45, 2.75) is 6.61 Å². The normalized spacial score (nSPS) is 10.6. The standard InChI is InChI=1S/C15H11NO4/c17-16(18)14-12-8-4-5-9-13(12)20-15(14)19-10-11-6-2-1-3-7-11/h1-9H,10H2. The summed E-state index contributed by atoms with van der Waals surface area (Å²) in [6.07, 6.45) is 0. The minimum atomic E-state index is -0.480. The van der Waals surface area contributed by atoms with E-state index in [0.29, 0.717) is 11.0 Å². The lowest BCUT2D eigenvalue weighted by Gasteiger charge is -2.01. The summed E-state index contributed by atoms with van der Waals surface area (Å²) in [4.78, 5) is 10.7. The Morgan fingerprint density at radius 2 is 1.75 bits per heavy atom. The van der Waals surface area contributed by atoms with Gasteiger partial charge in [0.15, 0.2) is 0 Å². The van der Waals surface area contributed by atoms with Crippen molar-refractivity contribution in [2.75, 3.05) is 0 Å². The van der Waals surface area contributed by atoms with Crippen LogP contribution in [0.5, 0.6) is 5.95 Å². The first-order valence-electron chi connectivity index (χ1n) is 6.08. The van der Waals surface area contributed by atoms with Gasteiger partial charge in [-0.25, -0.2) is 0 Å². The summed E-state index contributed by atoms with van der Waals surface area (Å²) in [6, 6.07) is 16.2. The molecule has 5 heteroatoms. The van der Waals surface area contributed by atoms with E-state index in [4.69, 9.17) is 9.15 Å². The summed E-state index contributed by atoms with van der Waals surface area (Å²) in [7, 11) is 0. The van der Waals surface area contributed by atoms with Crippen LogP contribution in [0.2, 0.25) is 0 Å². The third-order valence-corrected chi connectivity index (χ3v) is 2.93. The minimum Gasteiger partial charge on any atom is -0.455 e. The highest BCUT2D eigenvalue weighted by atomic mass is 16.6. The number of furan rings is 1. The number of nitrogens with zero attached hydrogens (tertiary/aromatic N) is 1. The van der Waals surface area contributed by atoms with E-state index in [0.717, 1.165) is 5.56 Å². The van der Waals surface area contributed by atoms with Crippen molar-refractivity contribution >= 4 is 16.7 Å². The van der Waals surface area contributed by atoms with Gasteiger partial charge in [0.1, 0.15) is 17.6 Å². The maximum atomic E-state index is 11.2. The molecule has 0 aliphatic heterocycles. The van der Waals surface area contributed by atoms with Crippen molar-refractivity contribution in [1.82, 2.24) is 0 Å². The molecule has 0 N–H and O–H groups in total. The maximum Gasteiger partial charge on any atom is 0.367 e. The molecule has 2 aromatic carbocycles. The summed E-state index contributed by atoms with van der Waals surface area (Å²) in [6.45, 7) is 0.224. The lowest BCUT2D eigenvalue weighted by molar-refractivity contribution is -0.384. The number of benzene rings is 2. The van der Waals surface area contributed by atoms with E-state index in [1.54, 1.807) is 24.3 Å². The van der Waals surface area contributed by atoms with Gasteiger partial charge in [-0.2, -0.15) is 0 Å². The van der Waals surface area contributed by atoms with Crippen molar-refractivity contribution in [1.29, 1.82) is 0 Å². The molecule has 0 aliphatic rings. The zero-order valence-corrected chi connectivity index (χ0v) is 10.5. The summed E-state index contributed by atoms with van der Waals surface area (Å²) in [5, 5.41) is 11.6. The largest absolute Gasteiger partial charge is 0.455 e. The molecular formula is C15H11NO4. The Hall–Kier alpha value is -2.82.